The van der Waals surface area contributed by atoms with E-state index in [-0.39, 0.29) is 5.70 Å². The number of benzene rings is 2. The van der Waals surface area contributed by atoms with Gasteiger partial charge in [-0.05, 0) is 60.3 Å². The van der Waals surface area contributed by atoms with Gasteiger partial charge >= 0.3 is 0 Å². The van der Waals surface area contributed by atoms with E-state index in [1.807, 2.05) is 42.6 Å². The summed E-state index contributed by atoms with van der Waals surface area (Å²) in [6.07, 6.45) is 1.65. The normalized spacial score (nSPS) is 11.0. The lowest BCUT2D eigenvalue weighted by molar-refractivity contribution is -0.113. The van der Waals surface area contributed by atoms with Crippen LogP contribution in [0.15, 0.2) is 65.7 Å². The van der Waals surface area contributed by atoms with Crippen molar-refractivity contribution < 1.29 is 19.1 Å². The molecule has 0 saturated carbocycles. The highest BCUT2D eigenvalue weighted by Gasteiger charge is 2.17. The third-order valence-corrected chi connectivity index (χ3v) is 5.06. The third-order valence-electron chi connectivity index (χ3n) is 4.24. The van der Waals surface area contributed by atoms with Gasteiger partial charge in [0.15, 0.2) is 11.5 Å². The van der Waals surface area contributed by atoms with Crippen molar-refractivity contribution in [3.05, 3.63) is 81.7 Å². The van der Waals surface area contributed by atoms with Crippen molar-refractivity contribution in [1.29, 1.82) is 0 Å². The molecule has 1 aromatic heterocycles. The second-order valence-electron chi connectivity index (χ2n) is 6.42. The Morgan fingerprint density at radius 1 is 0.967 bits per heavy atom. The molecule has 2 amide bonds. The lowest BCUT2D eigenvalue weighted by atomic mass is 10.1. The predicted molar refractivity (Wildman–Crippen MR) is 119 cm³/mol. The number of hydrogen-bond donors (Lipinski definition) is 2. The van der Waals surface area contributed by atoms with Crippen LogP contribution in [0.25, 0.3) is 6.08 Å². The molecule has 0 aliphatic heterocycles. The van der Waals surface area contributed by atoms with Gasteiger partial charge in [0.25, 0.3) is 11.8 Å². The molecule has 0 fully saturated rings. The molecule has 0 atom stereocenters. The van der Waals surface area contributed by atoms with Crippen LogP contribution in [0.2, 0.25) is 0 Å². The molecule has 2 N–H and O–H groups in total. The quantitative estimate of drug-likeness (QED) is 0.550. The van der Waals surface area contributed by atoms with Gasteiger partial charge < -0.3 is 20.1 Å². The van der Waals surface area contributed by atoms with E-state index in [0.29, 0.717) is 22.7 Å². The zero-order chi connectivity index (χ0) is 21.5. The average Bonchev–Trinajstić information content (AvgIpc) is 3.25. The Morgan fingerprint density at radius 3 is 2.43 bits per heavy atom. The Bertz CT molecular complexity index is 1070. The molecule has 0 aliphatic rings. The number of amides is 2. The van der Waals surface area contributed by atoms with Crippen LogP contribution in [0, 0.1) is 6.92 Å². The molecule has 0 saturated heterocycles. The standard InChI is InChI=1S/C23H22N2O4S/c1-15-6-4-7-17(12-15)24-23(27)19(14-18-8-5-11-30-18)25-22(26)16-9-10-20(28-2)21(13-16)29-3/h4-14H,1-3H3,(H,24,27)(H,25,26)/b19-14-. The predicted octanol–water partition coefficient (Wildman–Crippen LogP) is 4.48. The van der Waals surface area contributed by atoms with E-state index in [4.69, 9.17) is 9.47 Å². The molecule has 0 spiro atoms. The van der Waals surface area contributed by atoms with E-state index in [1.165, 1.54) is 25.6 Å². The Kier molecular flexibility index (Phi) is 6.87. The van der Waals surface area contributed by atoms with Gasteiger partial charge in [0.2, 0.25) is 0 Å². The van der Waals surface area contributed by atoms with Gasteiger partial charge in [-0.25, -0.2) is 0 Å². The molecule has 3 aromatic rings. The largest absolute Gasteiger partial charge is 0.493 e. The van der Waals surface area contributed by atoms with Crippen molar-refractivity contribution in [3.8, 4) is 11.5 Å². The van der Waals surface area contributed by atoms with Gasteiger partial charge in [-0.3, -0.25) is 9.59 Å². The first-order chi connectivity index (χ1) is 14.5. The molecule has 0 bridgehead atoms. The number of methoxy groups -OCH3 is 2. The molecule has 1 heterocycles. The number of thiophene rings is 1. The minimum atomic E-state index is -0.432. The van der Waals surface area contributed by atoms with Crippen molar-refractivity contribution >= 4 is 34.9 Å². The van der Waals surface area contributed by atoms with Crippen molar-refractivity contribution in [1.82, 2.24) is 5.32 Å². The van der Waals surface area contributed by atoms with Crippen LogP contribution in [0.5, 0.6) is 11.5 Å². The minimum Gasteiger partial charge on any atom is -0.493 e. The van der Waals surface area contributed by atoms with Crippen LogP contribution >= 0.6 is 11.3 Å². The van der Waals surface area contributed by atoms with Gasteiger partial charge in [-0.1, -0.05) is 18.2 Å². The number of ether oxygens (including phenoxy) is 2. The van der Waals surface area contributed by atoms with Crippen LogP contribution in [0.1, 0.15) is 20.8 Å². The van der Waals surface area contributed by atoms with Gasteiger partial charge in [0.1, 0.15) is 5.70 Å². The lowest BCUT2D eigenvalue weighted by Crippen LogP contribution is -2.30. The van der Waals surface area contributed by atoms with Crippen molar-refractivity contribution in [2.45, 2.75) is 6.92 Å². The second kappa shape index (κ2) is 9.76. The summed E-state index contributed by atoms with van der Waals surface area (Å²) in [6.45, 7) is 1.94. The van der Waals surface area contributed by atoms with Gasteiger partial charge in [-0.2, -0.15) is 0 Å². The van der Waals surface area contributed by atoms with Crippen LogP contribution in [0.3, 0.4) is 0 Å². The first-order valence-corrected chi connectivity index (χ1v) is 10.0. The summed E-state index contributed by atoms with van der Waals surface area (Å²) in [5.74, 6) is 0.0970. The molecule has 154 valence electrons. The molecule has 6 nitrogen and oxygen atoms in total. The molecule has 0 aliphatic carbocycles. The van der Waals surface area contributed by atoms with Crippen LogP contribution < -0.4 is 20.1 Å². The minimum absolute atomic E-state index is 0.138. The first-order valence-electron chi connectivity index (χ1n) is 9.16. The van der Waals surface area contributed by atoms with Crippen LogP contribution in [0.4, 0.5) is 5.69 Å². The zero-order valence-electron chi connectivity index (χ0n) is 16.9. The van der Waals surface area contributed by atoms with E-state index < -0.39 is 11.8 Å². The molecule has 0 unspecified atom stereocenters. The van der Waals surface area contributed by atoms with E-state index >= 15 is 0 Å². The third kappa shape index (κ3) is 5.27. The number of nitrogens with one attached hydrogen (secondary N) is 2. The average molecular weight is 423 g/mol. The number of rotatable bonds is 7. The van der Waals surface area contributed by atoms with Crippen LogP contribution in [-0.4, -0.2) is 26.0 Å². The van der Waals surface area contributed by atoms with Gasteiger partial charge in [0.05, 0.1) is 14.2 Å². The first kappa shape index (κ1) is 21.1. The van der Waals surface area contributed by atoms with Crippen molar-refractivity contribution in [3.63, 3.8) is 0 Å². The van der Waals surface area contributed by atoms with E-state index in [1.54, 1.807) is 30.3 Å². The van der Waals surface area contributed by atoms with Crippen LogP contribution in [-0.2, 0) is 4.79 Å². The summed E-state index contributed by atoms with van der Waals surface area (Å²) in [5.41, 5.74) is 2.15. The molecule has 3 rings (SSSR count). The van der Waals surface area contributed by atoms with E-state index in [0.717, 1.165) is 10.4 Å². The highest BCUT2D eigenvalue weighted by molar-refractivity contribution is 7.10. The molecular weight excluding hydrogens is 400 g/mol. The fourth-order valence-corrected chi connectivity index (χ4v) is 3.42. The summed E-state index contributed by atoms with van der Waals surface area (Å²) in [4.78, 5) is 26.6. The number of carbonyl (C=O) groups is 2. The monoisotopic (exact) mass is 422 g/mol. The van der Waals surface area contributed by atoms with Crippen molar-refractivity contribution in [2.75, 3.05) is 19.5 Å². The molecule has 2 aromatic carbocycles. The topological polar surface area (TPSA) is 76.7 Å². The molecule has 30 heavy (non-hydrogen) atoms. The molecule has 0 radical (unpaired) electrons. The van der Waals surface area contributed by atoms with Gasteiger partial charge in [-0.15, -0.1) is 11.3 Å². The maximum atomic E-state index is 12.9. The zero-order valence-corrected chi connectivity index (χ0v) is 17.7. The number of aryl methyl sites for hydroxylation is 1. The number of carbonyl (C=O) groups excluding carboxylic acids is 2. The highest BCUT2D eigenvalue weighted by atomic mass is 32.1. The van der Waals surface area contributed by atoms with Gasteiger partial charge in [0, 0.05) is 16.1 Å². The van der Waals surface area contributed by atoms with E-state index in [9.17, 15) is 9.59 Å². The fourth-order valence-electron chi connectivity index (χ4n) is 2.77. The Labute approximate surface area is 179 Å². The maximum Gasteiger partial charge on any atom is 0.272 e. The van der Waals surface area contributed by atoms with E-state index in [2.05, 4.69) is 10.6 Å². The Balaban J connectivity index is 1.86. The smallest absolute Gasteiger partial charge is 0.272 e. The second-order valence-corrected chi connectivity index (χ2v) is 7.40. The summed E-state index contributed by atoms with van der Waals surface area (Å²) in [7, 11) is 3.02. The Hall–Kier alpha value is -3.58. The fraction of sp³-hybridized carbons (Fsp3) is 0.130. The Morgan fingerprint density at radius 2 is 1.77 bits per heavy atom. The maximum absolute atomic E-state index is 12.9. The molecular formula is C23H22N2O4S. The lowest BCUT2D eigenvalue weighted by Gasteiger charge is -2.13. The molecule has 7 heteroatoms. The highest BCUT2D eigenvalue weighted by Crippen LogP contribution is 2.27. The summed E-state index contributed by atoms with van der Waals surface area (Å²) < 4.78 is 10.5. The summed E-state index contributed by atoms with van der Waals surface area (Å²) >= 11 is 1.47. The SMILES string of the molecule is COc1ccc(C(=O)N/C(=C\c2cccs2)C(=O)Nc2cccc(C)c2)cc1OC. The summed E-state index contributed by atoms with van der Waals surface area (Å²) in [5, 5.41) is 7.45. The number of hydrogen-bond acceptors (Lipinski definition) is 5. The van der Waals surface area contributed by atoms with Crippen molar-refractivity contribution in [2.24, 2.45) is 0 Å². The number of anilines is 1. The summed E-state index contributed by atoms with van der Waals surface area (Å²) in [6, 6.07) is 16.0.